The molecule has 2 aromatic heterocycles. The van der Waals surface area contributed by atoms with Crippen LogP contribution in [-0.4, -0.2) is 123 Å². The average molecular weight is 932 g/mol. The number of hydrogen-bond donors (Lipinski definition) is 3. The number of H-pyrrole nitrogens is 1. The fraction of sp³-hybridized carbons (Fsp3) is 0.469. The number of nitro groups is 1. The van der Waals surface area contributed by atoms with E-state index in [1.54, 1.807) is 12.3 Å². The van der Waals surface area contributed by atoms with E-state index in [1.807, 2.05) is 36.1 Å². The van der Waals surface area contributed by atoms with Crippen molar-refractivity contribution in [2.45, 2.75) is 81.5 Å². The van der Waals surface area contributed by atoms with Crippen LogP contribution in [-0.2, 0) is 14.8 Å². The first-order chi connectivity index (χ1) is 32.4. The van der Waals surface area contributed by atoms with Crippen LogP contribution in [0.25, 0.3) is 11.0 Å². The number of carbonyl (C=O) groups excluding carboxylic acids is 1. The van der Waals surface area contributed by atoms with Gasteiger partial charge in [-0.3, -0.25) is 24.7 Å². The van der Waals surface area contributed by atoms with Crippen molar-refractivity contribution >= 4 is 55.4 Å². The minimum Gasteiger partial charge on any atom is -0.489 e. The third-order valence-corrected chi connectivity index (χ3v) is 16.3. The zero-order chi connectivity index (χ0) is 46.0. The number of piperidine rings is 1. The summed E-state index contributed by atoms with van der Waals surface area (Å²) >= 11 is 0. The Morgan fingerprint density at radius 3 is 2.60 bits per heavy atom. The van der Waals surface area contributed by atoms with Gasteiger partial charge in [-0.2, -0.15) is 4.98 Å². The lowest BCUT2D eigenvalue weighted by Gasteiger charge is -2.56. The topological polar surface area (TPSA) is 188 Å². The number of anilines is 4. The van der Waals surface area contributed by atoms with Crippen LogP contribution in [0.2, 0.25) is 0 Å². The number of benzene rings is 3. The number of aryl methyl sites for hydroxylation is 1. The van der Waals surface area contributed by atoms with Gasteiger partial charge in [-0.25, -0.2) is 13.1 Å². The number of aromatic nitrogens is 2. The van der Waals surface area contributed by atoms with E-state index in [0.29, 0.717) is 66.7 Å². The number of hydrogen-bond acceptors (Lipinski definition) is 14. The Balaban J connectivity index is 0.854. The van der Waals surface area contributed by atoms with Crippen molar-refractivity contribution < 1.29 is 32.3 Å². The molecule has 0 bridgehead atoms. The van der Waals surface area contributed by atoms with Gasteiger partial charge in [-0.1, -0.05) is 24.3 Å². The van der Waals surface area contributed by atoms with Crippen molar-refractivity contribution in [3.8, 4) is 11.6 Å². The third-order valence-electron chi connectivity index (χ3n) is 15.0. The summed E-state index contributed by atoms with van der Waals surface area (Å²) < 4.78 is 48.3. The van der Waals surface area contributed by atoms with Gasteiger partial charge in [0.2, 0.25) is 5.88 Å². The third kappa shape index (κ3) is 8.31. The molecule has 0 unspecified atom stereocenters. The number of morpholine rings is 1. The van der Waals surface area contributed by atoms with Crippen LogP contribution in [0.3, 0.4) is 0 Å². The van der Waals surface area contributed by atoms with Gasteiger partial charge in [0.05, 0.1) is 46.9 Å². The fourth-order valence-corrected chi connectivity index (χ4v) is 12.5. The summed E-state index contributed by atoms with van der Waals surface area (Å²) in [6.45, 7) is 10.8. The van der Waals surface area contributed by atoms with Gasteiger partial charge in [0.1, 0.15) is 24.0 Å². The van der Waals surface area contributed by atoms with Gasteiger partial charge in [-0.05, 0) is 106 Å². The van der Waals surface area contributed by atoms with Crippen molar-refractivity contribution in [1.29, 1.82) is 0 Å². The summed E-state index contributed by atoms with van der Waals surface area (Å²) in [5.74, 6) is -0.467. The van der Waals surface area contributed by atoms with Gasteiger partial charge in [0.25, 0.3) is 21.6 Å². The second kappa shape index (κ2) is 17.3. The van der Waals surface area contributed by atoms with Crippen LogP contribution in [0.1, 0.15) is 73.0 Å². The molecule has 3 N–H and O–H groups in total. The zero-order valence-electron chi connectivity index (χ0n) is 37.9. The minimum atomic E-state index is -4.65. The first-order valence-corrected chi connectivity index (χ1v) is 25.1. The highest BCUT2D eigenvalue weighted by Crippen LogP contribution is 2.54. The first kappa shape index (κ1) is 43.6. The van der Waals surface area contributed by atoms with E-state index in [1.165, 1.54) is 42.9 Å². The number of carbonyl (C=O) groups is 1. The van der Waals surface area contributed by atoms with E-state index in [2.05, 4.69) is 60.9 Å². The molecule has 1 spiro atoms. The molecule has 3 atom stereocenters. The Labute approximate surface area is 389 Å². The molecule has 67 heavy (non-hydrogen) atoms. The Bertz CT molecular complexity index is 2830. The maximum Gasteiger partial charge on any atom is 0.297 e. The standard InChI is InChI=1S/C49H57N9O8S/c1-31-6-3-4-7-38(31)40-8-5-15-56(40)36-26-49(27-36)12-16-55(17-13-49)35-9-10-39(41(23-35)57-28-32(2)66-48-43(57)22-33-11-14-50-46(33)52-48)47(59)53-67(62,63)37-24-42(58(60)61)45-44(25-37)65-30-34(51-45)29-54-18-20-64-21-19-54/h3-4,6-7,9-11,14,22-25,32,34,36,40,51H,5,8,12-13,15-21,26-30H2,1-2H3,(H,50,52)(H,53,59)/t32-,34+,40+/m1/s1. The van der Waals surface area contributed by atoms with Crippen molar-refractivity contribution in [2.75, 3.05) is 80.8 Å². The predicted molar refractivity (Wildman–Crippen MR) is 254 cm³/mol. The molecule has 18 heteroatoms. The second-order valence-corrected chi connectivity index (χ2v) is 21.0. The molecule has 1 saturated carbocycles. The van der Waals surface area contributed by atoms with E-state index >= 15 is 0 Å². The number of nitrogens with one attached hydrogen (secondary N) is 3. The van der Waals surface area contributed by atoms with Gasteiger partial charge < -0.3 is 34.3 Å². The highest BCUT2D eigenvalue weighted by atomic mass is 32.2. The Morgan fingerprint density at radius 1 is 1.00 bits per heavy atom. The highest BCUT2D eigenvalue weighted by Gasteiger charge is 2.50. The number of amides is 1. The summed E-state index contributed by atoms with van der Waals surface area (Å²) in [5, 5.41) is 16.5. The van der Waals surface area contributed by atoms with Gasteiger partial charge in [0.15, 0.2) is 11.4 Å². The van der Waals surface area contributed by atoms with Crippen molar-refractivity contribution in [2.24, 2.45) is 5.41 Å². The Kier molecular flexibility index (Phi) is 11.3. The molecule has 3 aromatic carbocycles. The van der Waals surface area contributed by atoms with Crippen LogP contribution < -0.4 is 29.3 Å². The summed E-state index contributed by atoms with van der Waals surface area (Å²) in [7, 11) is -4.65. The molecule has 6 aliphatic rings. The lowest BCUT2D eigenvalue weighted by atomic mass is 9.59. The summed E-state index contributed by atoms with van der Waals surface area (Å²) in [4.78, 5) is 43.1. The molecule has 0 radical (unpaired) electrons. The summed E-state index contributed by atoms with van der Waals surface area (Å²) in [6, 6.07) is 21.3. The maximum atomic E-state index is 14.5. The molecule has 1 amide bonds. The average Bonchev–Trinajstić information content (AvgIpc) is 3.99. The van der Waals surface area contributed by atoms with E-state index in [0.717, 1.165) is 62.7 Å². The maximum absolute atomic E-state index is 14.5. The molecule has 4 fully saturated rings. The number of sulfonamides is 1. The first-order valence-electron chi connectivity index (χ1n) is 23.6. The number of likely N-dealkylation sites (tertiary alicyclic amines) is 1. The van der Waals surface area contributed by atoms with Crippen LogP contribution >= 0.6 is 0 Å². The smallest absolute Gasteiger partial charge is 0.297 e. The van der Waals surface area contributed by atoms with E-state index in [4.69, 9.17) is 19.2 Å². The number of pyridine rings is 1. The van der Waals surface area contributed by atoms with E-state index in [9.17, 15) is 23.3 Å². The molecule has 11 rings (SSSR count). The monoisotopic (exact) mass is 931 g/mol. The number of nitro benzene ring substituents is 1. The Hall–Kier alpha value is -5.95. The van der Waals surface area contributed by atoms with Gasteiger partial charge in [0, 0.05) is 74.2 Å². The van der Waals surface area contributed by atoms with Crippen LogP contribution in [0.15, 0.2) is 77.8 Å². The molecular formula is C49H57N9O8S. The minimum absolute atomic E-state index is 0.0241. The number of ether oxygens (including phenoxy) is 3. The fourth-order valence-electron chi connectivity index (χ4n) is 11.5. The number of aromatic amines is 1. The predicted octanol–water partition coefficient (Wildman–Crippen LogP) is 6.91. The molecule has 17 nitrogen and oxygen atoms in total. The molecular weight excluding hydrogens is 875 g/mol. The lowest BCUT2D eigenvalue weighted by molar-refractivity contribution is -0.384. The molecule has 5 aromatic rings. The normalized spacial score (nSPS) is 23.2. The van der Waals surface area contributed by atoms with Crippen LogP contribution in [0.4, 0.5) is 28.4 Å². The molecule has 352 valence electrons. The molecule has 5 aliphatic heterocycles. The second-order valence-electron chi connectivity index (χ2n) is 19.3. The largest absolute Gasteiger partial charge is 0.489 e. The van der Waals surface area contributed by atoms with Gasteiger partial charge >= 0.3 is 0 Å². The summed E-state index contributed by atoms with van der Waals surface area (Å²) in [5.41, 5.74) is 5.62. The van der Waals surface area contributed by atoms with Crippen molar-refractivity contribution in [3.05, 3.63) is 99.7 Å². The SMILES string of the molecule is Cc1ccccc1[C@@H]1CCCN1C1CC2(CCN(c3ccc(C(=O)NS(=O)(=O)c4cc5c(c([N+](=O)[O-])c4)N[C@@H](CN4CCOCC4)CO5)c(N4C[C@@H](C)Oc5nc6[nH]ccc6cc54)c3)CC2)C1. The summed E-state index contributed by atoms with van der Waals surface area (Å²) in [6.07, 6.45) is 8.47. The number of rotatable bonds is 10. The van der Waals surface area contributed by atoms with Gasteiger partial charge in [-0.15, -0.1) is 0 Å². The molecule has 7 heterocycles. The quantitative estimate of drug-likeness (QED) is 0.0969. The molecule has 1 aliphatic carbocycles. The Morgan fingerprint density at radius 2 is 1.81 bits per heavy atom. The van der Waals surface area contributed by atoms with Crippen molar-refractivity contribution in [3.63, 3.8) is 0 Å². The van der Waals surface area contributed by atoms with E-state index in [-0.39, 0.29) is 35.8 Å². The highest BCUT2D eigenvalue weighted by molar-refractivity contribution is 7.90. The number of nitrogens with zero attached hydrogens (tertiary/aromatic N) is 6. The van der Waals surface area contributed by atoms with Crippen LogP contribution in [0.5, 0.6) is 11.6 Å². The van der Waals surface area contributed by atoms with Crippen LogP contribution in [0, 0.1) is 22.5 Å². The molecule has 3 saturated heterocycles. The lowest BCUT2D eigenvalue weighted by Crippen LogP contribution is -2.54. The number of fused-ring (bicyclic) bond motifs is 3. The van der Waals surface area contributed by atoms with E-state index < -0.39 is 31.4 Å². The van der Waals surface area contributed by atoms with Crippen molar-refractivity contribution in [1.82, 2.24) is 24.5 Å². The zero-order valence-corrected chi connectivity index (χ0v) is 38.7.